The Morgan fingerprint density at radius 2 is 1.86 bits per heavy atom. The molecule has 0 saturated heterocycles. The average molecular weight is 317 g/mol. The molecule has 0 aromatic rings. The summed E-state index contributed by atoms with van der Waals surface area (Å²) in [5.41, 5.74) is -0.231. The van der Waals surface area contributed by atoms with Crippen LogP contribution in [0.25, 0.3) is 0 Å². The van der Waals surface area contributed by atoms with Gasteiger partial charge in [0, 0.05) is 5.41 Å². The van der Waals surface area contributed by atoms with E-state index in [1.807, 2.05) is 0 Å². The van der Waals surface area contributed by atoms with E-state index in [1.54, 1.807) is 0 Å². The van der Waals surface area contributed by atoms with E-state index in [4.69, 9.17) is 9.88 Å². The first kappa shape index (κ1) is 17.2. The molecule has 2 rings (SSSR count). The number of sulfonamides is 1. The average Bonchev–Trinajstić information content (AvgIpc) is 2.45. The predicted octanol–water partition coefficient (Wildman–Crippen LogP) is 3.21. The molecule has 2 saturated carbocycles. The molecule has 0 amide bonds. The molecular formula is C16H31NO3S. The standard InChI is InChI=1S/C16H31NO3S/c1-2-14-7-6-8-15(11-14)20-12-16(13-21(17,18)19)9-4-3-5-10-16/h14-15H,2-13H2,1H3,(H2,17,18,19). The third-order valence-corrected chi connectivity index (χ3v) is 6.37. The van der Waals surface area contributed by atoms with Gasteiger partial charge in [0.1, 0.15) is 0 Å². The third-order valence-electron chi connectivity index (χ3n) is 5.36. The zero-order chi connectivity index (χ0) is 15.3. The van der Waals surface area contributed by atoms with Crippen molar-refractivity contribution in [1.29, 1.82) is 0 Å². The first-order valence-corrected chi connectivity index (χ1v) is 10.3. The highest BCUT2D eigenvalue weighted by Crippen LogP contribution is 2.39. The summed E-state index contributed by atoms with van der Waals surface area (Å²) >= 11 is 0. The van der Waals surface area contributed by atoms with Gasteiger partial charge in [-0.05, 0) is 31.6 Å². The van der Waals surface area contributed by atoms with Crippen molar-refractivity contribution in [2.24, 2.45) is 16.5 Å². The van der Waals surface area contributed by atoms with Crippen LogP contribution in [0.2, 0.25) is 0 Å². The lowest BCUT2D eigenvalue weighted by molar-refractivity contribution is -0.0398. The zero-order valence-corrected chi connectivity index (χ0v) is 14.2. The van der Waals surface area contributed by atoms with Gasteiger partial charge in [0.05, 0.1) is 18.5 Å². The first-order valence-electron chi connectivity index (χ1n) is 8.54. The lowest BCUT2D eigenvalue weighted by Crippen LogP contribution is -2.40. The van der Waals surface area contributed by atoms with Crippen molar-refractivity contribution in [3.8, 4) is 0 Å². The van der Waals surface area contributed by atoms with Crippen LogP contribution in [-0.2, 0) is 14.8 Å². The van der Waals surface area contributed by atoms with E-state index < -0.39 is 10.0 Å². The van der Waals surface area contributed by atoms with E-state index in [2.05, 4.69) is 6.92 Å². The maximum Gasteiger partial charge on any atom is 0.209 e. The van der Waals surface area contributed by atoms with Crippen molar-refractivity contribution in [1.82, 2.24) is 0 Å². The fourth-order valence-electron chi connectivity index (χ4n) is 4.12. The Bertz CT molecular complexity index is 415. The van der Waals surface area contributed by atoms with E-state index in [-0.39, 0.29) is 11.2 Å². The maximum atomic E-state index is 11.6. The second kappa shape index (κ2) is 7.42. The Morgan fingerprint density at radius 1 is 1.14 bits per heavy atom. The Balaban J connectivity index is 1.92. The van der Waals surface area contributed by atoms with Gasteiger partial charge in [-0.15, -0.1) is 0 Å². The third kappa shape index (κ3) is 5.53. The van der Waals surface area contributed by atoms with Crippen molar-refractivity contribution >= 4 is 10.0 Å². The lowest BCUT2D eigenvalue weighted by atomic mass is 9.76. The van der Waals surface area contributed by atoms with E-state index in [9.17, 15) is 8.42 Å². The molecule has 0 spiro atoms. The van der Waals surface area contributed by atoms with Gasteiger partial charge in [-0.3, -0.25) is 0 Å². The number of nitrogens with two attached hydrogens (primary N) is 1. The number of rotatable bonds is 6. The highest BCUT2D eigenvalue weighted by molar-refractivity contribution is 7.89. The normalized spacial score (nSPS) is 30.2. The molecule has 124 valence electrons. The van der Waals surface area contributed by atoms with Gasteiger partial charge < -0.3 is 4.74 Å². The topological polar surface area (TPSA) is 69.4 Å². The first-order chi connectivity index (χ1) is 9.92. The monoisotopic (exact) mass is 317 g/mol. The molecule has 2 fully saturated rings. The molecule has 2 aliphatic carbocycles. The molecule has 0 aliphatic heterocycles. The summed E-state index contributed by atoms with van der Waals surface area (Å²) in [6, 6.07) is 0. The lowest BCUT2D eigenvalue weighted by Gasteiger charge is -2.38. The van der Waals surface area contributed by atoms with E-state index >= 15 is 0 Å². The zero-order valence-electron chi connectivity index (χ0n) is 13.4. The minimum Gasteiger partial charge on any atom is -0.378 e. The molecule has 2 atom stereocenters. The molecule has 4 nitrogen and oxygen atoms in total. The van der Waals surface area contributed by atoms with Gasteiger partial charge in [0.15, 0.2) is 0 Å². The summed E-state index contributed by atoms with van der Waals surface area (Å²) in [6.07, 6.45) is 11.6. The van der Waals surface area contributed by atoms with Crippen LogP contribution in [0.1, 0.15) is 71.1 Å². The van der Waals surface area contributed by atoms with Crippen molar-refractivity contribution in [2.45, 2.75) is 77.2 Å². The van der Waals surface area contributed by atoms with Crippen LogP contribution >= 0.6 is 0 Å². The minimum absolute atomic E-state index is 0.0872. The molecule has 0 aromatic carbocycles. The highest BCUT2D eigenvalue weighted by Gasteiger charge is 2.37. The van der Waals surface area contributed by atoms with E-state index in [0.717, 1.165) is 44.4 Å². The van der Waals surface area contributed by atoms with Gasteiger partial charge in [-0.2, -0.15) is 0 Å². The molecule has 2 aliphatic rings. The van der Waals surface area contributed by atoms with Crippen LogP contribution in [0.15, 0.2) is 0 Å². The molecule has 0 bridgehead atoms. The van der Waals surface area contributed by atoms with Crippen LogP contribution in [0.3, 0.4) is 0 Å². The fourth-order valence-corrected chi connectivity index (χ4v) is 5.34. The summed E-state index contributed by atoms with van der Waals surface area (Å²) in [6.45, 7) is 2.82. The van der Waals surface area contributed by atoms with Crippen LogP contribution in [0.4, 0.5) is 0 Å². The fraction of sp³-hybridized carbons (Fsp3) is 1.00. The summed E-state index contributed by atoms with van der Waals surface area (Å²) in [5, 5.41) is 5.32. The van der Waals surface area contributed by atoms with Crippen molar-refractivity contribution in [3.63, 3.8) is 0 Å². The minimum atomic E-state index is -3.43. The molecule has 0 aromatic heterocycles. The molecule has 0 heterocycles. The molecule has 2 unspecified atom stereocenters. The molecule has 2 N–H and O–H groups in total. The van der Waals surface area contributed by atoms with Crippen molar-refractivity contribution in [2.75, 3.05) is 12.4 Å². The SMILES string of the molecule is CCC1CCCC(OCC2(CS(N)(=O)=O)CCCCC2)C1. The number of ether oxygens (including phenoxy) is 1. The second-order valence-electron chi connectivity index (χ2n) is 7.24. The van der Waals surface area contributed by atoms with Crippen LogP contribution in [0.5, 0.6) is 0 Å². The summed E-state index contributed by atoms with van der Waals surface area (Å²) in [4.78, 5) is 0. The molecule has 0 radical (unpaired) electrons. The van der Waals surface area contributed by atoms with Crippen LogP contribution in [0, 0.1) is 11.3 Å². The van der Waals surface area contributed by atoms with E-state index in [1.165, 1.54) is 25.7 Å². The van der Waals surface area contributed by atoms with Gasteiger partial charge in [0.25, 0.3) is 0 Å². The van der Waals surface area contributed by atoms with Gasteiger partial charge in [0.2, 0.25) is 10.0 Å². The Hall–Kier alpha value is -0.130. The molecule has 21 heavy (non-hydrogen) atoms. The summed E-state index contributed by atoms with van der Waals surface area (Å²) in [7, 11) is -3.43. The molecule has 5 heteroatoms. The van der Waals surface area contributed by atoms with Gasteiger partial charge in [-0.25, -0.2) is 13.6 Å². The number of primary sulfonamides is 1. The van der Waals surface area contributed by atoms with Crippen molar-refractivity contribution in [3.05, 3.63) is 0 Å². The largest absolute Gasteiger partial charge is 0.378 e. The Morgan fingerprint density at radius 3 is 2.48 bits per heavy atom. The maximum absolute atomic E-state index is 11.6. The van der Waals surface area contributed by atoms with Crippen molar-refractivity contribution < 1.29 is 13.2 Å². The van der Waals surface area contributed by atoms with E-state index in [0.29, 0.717) is 12.7 Å². The quantitative estimate of drug-likeness (QED) is 0.818. The van der Waals surface area contributed by atoms with Gasteiger partial charge >= 0.3 is 0 Å². The predicted molar refractivity (Wildman–Crippen MR) is 85.5 cm³/mol. The number of hydrogen-bond acceptors (Lipinski definition) is 3. The number of hydrogen-bond donors (Lipinski definition) is 1. The van der Waals surface area contributed by atoms with Gasteiger partial charge in [-0.1, -0.05) is 45.4 Å². The highest BCUT2D eigenvalue weighted by atomic mass is 32.2. The summed E-state index contributed by atoms with van der Waals surface area (Å²) in [5.74, 6) is 0.869. The molecular weight excluding hydrogens is 286 g/mol. The summed E-state index contributed by atoms with van der Waals surface area (Å²) < 4.78 is 29.3. The smallest absolute Gasteiger partial charge is 0.209 e. The second-order valence-corrected chi connectivity index (χ2v) is 8.86. The van der Waals surface area contributed by atoms with Crippen LogP contribution < -0.4 is 5.14 Å². The Labute approximate surface area is 129 Å². The van der Waals surface area contributed by atoms with Crippen LogP contribution in [-0.4, -0.2) is 26.9 Å². The Kier molecular flexibility index (Phi) is 6.09.